The van der Waals surface area contributed by atoms with Crippen molar-refractivity contribution in [1.29, 1.82) is 0 Å². The summed E-state index contributed by atoms with van der Waals surface area (Å²) in [5.41, 5.74) is 1.83. The minimum Gasteiger partial charge on any atom is -0.481 e. The average Bonchev–Trinajstić information content (AvgIpc) is 3.43. The van der Waals surface area contributed by atoms with E-state index >= 15 is 0 Å². The molecule has 1 aromatic heterocycles. The molecule has 1 heterocycles. The standard InChI is InChI=1S/C32H32ClN3O6S/c1-20(17-29(37)38)23-11-4-6-13-25(23)35-30(39)26(36-31(40)28-18-21-9-3-7-15-27(21)43-28)14-8-16-34-32(41)42-19-22-10-2-5-12-24(22)33/h2-7,9-13,15,18,20,26H,8,14,16-17,19H2,1H3,(H,34,41)(H,35,39)(H,36,40)(H,37,38). The Morgan fingerprint density at radius 3 is 2.47 bits per heavy atom. The molecule has 0 saturated heterocycles. The van der Waals surface area contributed by atoms with E-state index in [4.69, 9.17) is 16.3 Å². The molecule has 43 heavy (non-hydrogen) atoms. The molecule has 4 aromatic rings. The third-order valence-corrected chi connectivity index (χ3v) is 8.24. The number of ether oxygens (including phenoxy) is 1. The van der Waals surface area contributed by atoms with Crippen LogP contribution in [0.25, 0.3) is 10.1 Å². The summed E-state index contributed by atoms with van der Waals surface area (Å²) in [4.78, 5) is 50.7. The van der Waals surface area contributed by atoms with Crippen LogP contribution in [0.2, 0.25) is 5.02 Å². The predicted molar refractivity (Wildman–Crippen MR) is 168 cm³/mol. The molecule has 0 aliphatic rings. The second kappa shape index (κ2) is 15.2. The van der Waals surface area contributed by atoms with Gasteiger partial charge in [-0.1, -0.05) is 73.1 Å². The summed E-state index contributed by atoms with van der Waals surface area (Å²) in [5.74, 6) is -2.13. The maximum atomic E-state index is 13.5. The van der Waals surface area contributed by atoms with Gasteiger partial charge in [-0.05, 0) is 54.0 Å². The van der Waals surface area contributed by atoms with Gasteiger partial charge in [-0.15, -0.1) is 11.3 Å². The zero-order valence-corrected chi connectivity index (χ0v) is 25.0. The van der Waals surface area contributed by atoms with Gasteiger partial charge in [0.25, 0.3) is 5.91 Å². The summed E-state index contributed by atoms with van der Waals surface area (Å²) in [6.07, 6.45) is -0.142. The summed E-state index contributed by atoms with van der Waals surface area (Å²) < 4.78 is 6.19. The normalized spacial score (nSPS) is 12.2. The molecule has 2 unspecified atom stereocenters. The first kappa shape index (κ1) is 31.5. The van der Waals surface area contributed by atoms with Crippen LogP contribution in [0.4, 0.5) is 10.5 Å². The van der Waals surface area contributed by atoms with Crippen molar-refractivity contribution in [1.82, 2.24) is 10.6 Å². The van der Waals surface area contributed by atoms with E-state index in [1.165, 1.54) is 11.3 Å². The molecule has 3 amide bonds. The molecule has 4 N–H and O–H groups in total. The number of amides is 3. The van der Waals surface area contributed by atoms with E-state index in [0.717, 1.165) is 10.1 Å². The summed E-state index contributed by atoms with van der Waals surface area (Å²) in [6.45, 7) is 1.99. The van der Waals surface area contributed by atoms with Crippen LogP contribution in [0.15, 0.2) is 78.9 Å². The molecule has 0 spiro atoms. The van der Waals surface area contributed by atoms with Crippen molar-refractivity contribution in [2.24, 2.45) is 0 Å². The second-order valence-corrected chi connectivity index (χ2v) is 11.5. The number of rotatable bonds is 13. The molecular formula is C32H32ClN3O6S. The number of carbonyl (C=O) groups excluding carboxylic acids is 3. The fourth-order valence-corrected chi connectivity index (χ4v) is 5.69. The van der Waals surface area contributed by atoms with E-state index in [1.54, 1.807) is 61.5 Å². The molecule has 0 aliphatic heterocycles. The largest absolute Gasteiger partial charge is 0.481 e. The van der Waals surface area contributed by atoms with Gasteiger partial charge in [0, 0.05) is 27.5 Å². The van der Waals surface area contributed by atoms with Crippen molar-refractivity contribution in [2.45, 2.75) is 44.8 Å². The van der Waals surface area contributed by atoms with Crippen LogP contribution >= 0.6 is 22.9 Å². The number of hydrogen-bond acceptors (Lipinski definition) is 6. The highest BCUT2D eigenvalue weighted by Crippen LogP contribution is 2.28. The van der Waals surface area contributed by atoms with Crippen molar-refractivity contribution in [3.8, 4) is 0 Å². The van der Waals surface area contributed by atoms with Crippen LogP contribution in [0.3, 0.4) is 0 Å². The monoisotopic (exact) mass is 621 g/mol. The fourth-order valence-electron chi connectivity index (χ4n) is 4.53. The van der Waals surface area contributed by atoms with Crippen LogP contribution < -0.4 is 16.0 Å². The number of hydrogen-bond donors (Lipinski definition) is 4. The van der Waals surface area contributed by atoms with Gasteiger partial charge >= 0.3 is 12.1 Å². The van der Waals surface area contributed by atoms with Crippen LogP contribution in [0, 0.1) is 0 Å². The second-order valence-electron chi connectivity index (χ2n) is 9.99. The number of nitrogens with one attached hydrogen (secondary N) is 3. The Labute approximate surface area is 258 Å². The molecule has 9 nitrogen and oxygen atoms in total. The van der Waals surface area contributed by atoms with Crippen molar-refractivity contribution in [2.75, 3.05) is 11.9 Å². The van der Waals surface area contributed by atoms with E-state index in [2.05, 4.69) is 16.0 Å². The first-order valence-electron chi connectivity index (χ1n) is 13.8. The lowest BCUT2D eigenvalue weighted by molar-refractivity contribution is -0.137. The Hall–Kier alpha value is -4.41. The van der Waals surface area contributed by atoms with Gasteiger partial charge in [-0.2, -0.15) is 0 Å². The Morgan fingerprint density at radius 2 is 1.70 bits per heavy atom. The molecule has 0 saturated carbocycles. The molecule has 2 atom stereocenters. The first-order valence-corrected chi connectivity index (χ1v) is 15.0. The Morgan fingerprint density at radius 1 is 0.977 bits per heavy atom. The molecule has 11 heteroatoms. The Bertz CT molecular complexity index is 1570. The third kappa shape index (κ3) is 9.04. The number of fused-ring (bicyclic) bond motifs is 1. The quantitative estimate of drug-likeness (QED) is 0.125. The number of halogens is 1. The molecular weight excluding hydrogens is 590 g/mol. The predicted octanol–water partition coefficient (Wildman–Crippen LogP) is 6.58. The number of carbonyl (C=O) groups is 4. The van der Waals surface area contributed by atoms with Gasteiger partial charge in [-0.3, -0.25) is 14.4 Å². The zero-order chi connectivity index (χ0) is 30.8. The van der Waals surface area contributed by atoms with Crippen LogP contribution in [0.5, 0.6) is 0 Å². The lowest BCUT2D eigenvalue weighted by Gasteiger charge is -2.21. The SMILES string of the molecule is CC(CC(=O)O)c1ccccc1NC(=O)C(CCCNC(=O)OCc1ccccc1Cl)NC(=O)c1cc2ccccc2s1. The molecule has 0 aliphatic carbocycles. The number of carboxylic acid groups (broad SMARTS) is 1. The highest BCUT2D eigenvalue weighted by atomic mass is 35.5. The highest BCUT2D eigenvalue weighted by Gasteiger charge is 2.24. The number of para-hydroxylation sites is 1. The van der Waals surface area contributed by atoms with E-state index in [-0.39, 0.29) is 37.8 Å². The minimum atomic E-state index is -0.944. The van der Waals surface area contributed by atoms with E-state index in [0.29, 0.717) is 33.1 Å². The van der Waals surface area contributed by atoms with Gasteiger partial charge < -0.3 is 25.8 Å². The Balaban J connectivity index is 1.41. The lowest BCUT2D eigenvalue weighted by Crippen LogP contribution is -2.44. The smallest absolute Gasteiger partial charge is 0.407 e. The van der Waals surface area contributed by atoms with Crippen molar-refractivity contribution in [3.63, 3.8) is 0 Å². The molecule has 224 valence electrons. The van der Waals surface area contributed by atoms with Gasteiger partial charge in [0.1, 0.15) is 12.6 Å². The van der Waals surface area contributed by atoms with Crippen molar-refractivity contribution >= 4 is 62.6 Å². The summed E-state index contributed by atoms with van der Waals surface area (Å²) in [6, 6.07) is 22.5. The van der Waals surface area contributed by atoms with Gasteiger partial charge in [-0.25, -0.2) is 4.79 Å². The maximum absolute atomic E-state index is 13.5. The third-order valence-electron chi connectivity index (χ3n) is 6.76. The van der Waals surface area contributed by atoms with Crippen LogP contribution in [0.1, 0.15) is 52.9 Å². The van der Waals surface area contributed by atoms with Gasteiger partial charge in [0.2, 0.25) is 5.91 Å². The number of benzene rings is 3. The number of anilines is 1. The van der Waals surface area contributed by atoms with Gasteiger partial charge in [0.05, 0.1) is 11.3 Å². The van der Waals surface area contributed by atoms with Crippen molar-refractivity contribution in [3.05, 3.63) is 99.9 Å². The molecule has 4 rings (SSSR count). The van der Waals surface area contributed by atoms with E-state index in [1.807, 2.05) is 24.3 Å². The average molecular weight is 622 g/mol. The fraction of sp³-hybridized carbons (Fsp3) is 0.250. The molecule has 0 bridgehead atoms. The summed E-state index contributed by atoms with van der Waals surface area (Å²) in [7, 11) is 0. The highest BCUT2D eigenvalue weighted by molar-refractivity contribution is 7.20. The topological polar surface area (TPSA) is 134 Å². The number of carboxylic acids is 1. The van der Waals surface area contributed by atoms with Crippen LogP contribution in [-0.2, 0) is 20.9 Å². The van der Waals surface area contributed by atoms with Gasteiger partial charge in [0.15, 0.2) is 0 Å². The zero-order valence-electron chi connectivity index (χ0n) is 23.5. The molecule has 3 aromatic carbocycles. The lowest BCUT2D eigenvalue weighted by atomic mass is 9.96. The maximum Gasteiger partial charge on any atom is 0.407 e. The molecule has 0 radical (unpaired) electrons. The number of alkyl carbamates (subject to hydrolysis) is 1. The Kier molecular flexibility index (Phi) is 11.1. The first-order chi connectivity index (χ1) is 20.7. The summed E-state index contributed by atoms with van der Waals surface area (Å²) >= 11 is 7.43. The molecule has 0 fully saturated rings. The number of aliphatic carboxylic acids is 1. The number of thiophene rings is 1. The minimum absolute atomic E-state index is 0.0153. The van der Waals surface area contributed by atoms with Crippen LogP contribution in [-0.4, -0.2) is 41.6 Å². The van der Waals surface area contributed by atoms with E-state index in [9.17, 15) is 24.3 Å². The van der Waals surface area contributed by atoms with Crippen molar-refractivity contribution < 1.29 is 29.0 Å². The summed E-state index contributed by atoms with van der Waals surface area (Å²) in [5, 5.41) is 19.1. The van der Waals surface area contributed by atoms with E-state index < -0.39 is 24.0 Å².